The van der Waals surface area contributed by atoms with Crippen molar-refractivity contribution in [1.29, 1.82) is 0 Å². The molecule has 0 spiro atoms. The van der Waals surface area contributed by atoms with Crippen LogP contribution in [0, 0.1) is 5.92 Å². The van der Waals surface area contributed by atoms with Crippen molar-refractivity contribution < 1.29 is 28.5 Å². The SMILES string of the molecule is CCCCCCCCCCCCCCCCCCOc1cc(COC(=O)[C@H](CC(C)C)NC(C)=O)cc(OCCCCCCCCCCCCCCCCCC)c1OCCCCCCCCCCCCCCCCCC. The number of benzene rings is 1. The van der Waals surface area contributed by atoms with E-state index in [-0.39, 0.29) is 18.4 Å². The molecule has 0 saturated heterocycles. The van der Waals surface area contributed by atoms with E-state index in [9.17, 15) is 9.59 Å². The highest BCUT2D eigenvalue weighted by atomic mass is 16.5. The van der Waals surface area contributed by atoms with Gasteiger partial charge in [-0.3, -0.25) is 4.79 Å². The van der Waals surface area contributed by atoms with Gasteiger partial charge >= 0.3 is 5.97 Å². The van der Waals surface area contributed by atoms with Crippen LogP contribution < -0.4 is 19.5 Å². The largest absolute Gasteiger partial charge is 0.490 e. The third kappa shape index (κ3) is 46.5. The molecule has 1 amide bonds. The number of carbonyl (C=O) groups is 2. The summed E-state index contributed by atoms with van der Waals surface area (Å²) < 4.78 is 25.8. The molecular formula is C69H129NO6. The quantitative estimate of drug-likeness (QED) is 0.0517. The lowest BCUT2D eigenvalue weighted by Crippen LogP contribution is -2.41. The van der Waals surface area contributed by atoms with Gasteiger partial charge in [0.25, 0.3) is 0 Å². The van der Waals surface area contributed by atoms with Crippen molar-refractivity contribution in [1.82, 2.24) is 5.32 Å². The first-order chi connectivity index (χ1) is 37.3. The molecular weight excluding hydrogens is 939 g/mol. The molecule has 7 nitrogen and oxygen atoms in total. The molecule has 0 aromatic heterocycles. The van der Waals surface area contributed by atoms with Crippen LogP contribution >= 0.6 is 0 Å². The van der Waals surface area contributed by atoms with Gasteiger partial charge in [-0.25, -0.2) is 4.79 Å². The number of hydrogen-bond donors (Lipinski definition) is 1. The molecule has 0 aliphatic carbocycles. The van der Waals surface area contributed by atoms with Gasteiger partial charge in [0.05, 0.1) is 19.8 Å². The van der Waals surface area contributed by atoms with E-state index in [0.717, 1.165) is 44.1 Å². The molecule has 1 aromatic rings. The number of carbonyl (C=O) groups excluding carboxylic acids is 2. The Balaban J connectivity index is 2.83. The molecule has 0 radical (unpaired) electrons. The average molecular weight is 1070 g/mol. The van der Waals surface area contributed by atoms with Gasteiger partial charge in [0.15, 0.2) is 11.5 Å². The Morgan fingerprint density at radius 1 is 0.382 bits per heavy atom. The maximum absolute atomic E-state index is 13.4. The predicted molar refractivity (Wildman–Crippen MR) is 328 cm³/mol. The summed E-state index contributed by atoms with van der Waals surface area (Å²) in [5, 5.41) is 2.81. The standard InChI is InChI=1S/C69H129NO6/c1-7-10-13-16-19-22-25-28-31-34-37-40-43-46-49-52-55-73-66-59-64(61-76-69(72)65(58-62(4)5)70-63(6)71)60-67(74-56-53-50-47-44-41-38-35-32-29-26-23-20-17-14-11-8-2)68(66)75-57-54-51-48-45-42-39-36-33-30-27-24-21-18-15-12-9-3/h59-60,62,65H,7-58,61H2,1-6H3,(H,70,71)/t65-/m0/s1. The minimum atomic E-state index is -0.684. The summed E-state index contributed by atoms with van der Waals surface area (Å²) >= 11 is 0. The van der Waals surface area contributed by atoms with Crippen LogP contribution in [0.2, 0.25) is 0 Å². The second-order valence-electron chi connectivity index (χ2n) is 23.9. The highest BCUT2D eigenvalue weighted by Crippen LogP contribution is 2.40. The fourth-order valence-electron chi connectivity index (χ4n) is 10.7. The summed E-state index contributed by atoms with van der Waals surface area (Å²) in [7, 11) is 0. The van der Waals surface area contributed by atoms with Crippen molar-refractivity contribution in [2.24, 2.45) is 5.92 Å². The monoisotopic (exact) mass is 1070 g/mol. The third-order valence-electron chi connectivity index (χ3n) is 15.6. The first kappa shape index (κ1) is 71.6. The first-order valence-electron chi connectivity index (χ1n) is 33.8. The lowest BCUT2D eigenvalue weighted by atomic mass is 10.0. The summed E-state index contributed by atoms with van der Waals surface area (Å²) in [4.78, 5) is 25.4. The van der Waals surface area contributed by atoms with E-state index >= 15 is 0 Å². The van der Waals surface area contributed by atoms with Crippen molar-refractivity contribution >= 4 is 11.9 Å². The van der Waals surface area contributed by atoms with Crippen molar-refractivity contribution in [2.45, 2.75) is 369 Å². The zero-order valence-electron chi connectivity index (χ0n) is 51.7. The van der Waals surface area contributed by atoms with Crippen LogP contribution in [0.5, 0.6) is 17.2 Å². The summed E-state index contributed by atoms with van der Waals surface area (Å²) in [6, 6.07) is 3.29. The molecule has 0 heterocycles. The molecule has 0 saturated carbocycles. The molecule has 446 valence electrons. The van der Waals surface area contributed by atoms with Gasteiger partial charge in [-0.1, -0.05) is 324 Å². The Bertz CT molecular complexity index is 1340. The van der Waals surface area contributed by atoms with Crippen molar-refractivity contribution in [2.75, 3.05) is 19.8 Å². The predicted octanol–water partition coefficient (Wildman–Crippen LogP) is 22.2. The zero-order chi connectivity index (χ0) is 55.0. The molecule has 0 unspecified atom stereocenters. The van der Waals surface area contributed by atoms with Crippen molar-refractivity contribution in [3.05, 3.63) is 17.7 Å². The van der Waals surface area contributed by atoms with Crippen LogP contribution in [0.1, 0.15) is 362 Å². The summed E-state index contributed by atoms with van der Waals surface area (Å²) in [5.74, 6) is 1.60. The smallest absolute Gasteiger partial charge is 0.328 e. The van der Waals surface area contributed by atoms with Gasteiger partial charge in [-0.2, -0.15) is 0 Å². The van der Waals surface area contributed by atoms with Gasteiger partial charge in [0, 0.05) is 6.92 Å². The highest BCUT2D eigenvalue weighted by molar-refractivity contribution is 5.83. The maximum Gasteiger partial charge on any atom is 0.328 e. The van der Waals surface area contributed by atoms with Gasteiger partial charge < -0.3 is 24.3 Å². The molecule has 7 heteroatoms. The fourth-order valence-corrected chi connectivity index (χ4v) is 10.7. The second-order valence-corrected chi connectivity index (χ2v) is 23.9. The van der Waals surface area contributed by atoms with E-state index in [0.29, 0.717) is 43.5 Å². The Kier molecular flexibility index (Phi) is 52.6. The zero-order valence-corrected chi connectivity index (χ0v) is 51.7. The van der Waals surface area contributed by atoms with E-state index in [4.69, 9.17) is 18.9 Å². The van der Waals surface area contributed by atoms with Crippen LogP contribution in [0.25, 0.3) is 0 Å². The van der Waals surface area contributed by atoms with Crippen LogP contribution in [-0.2, 0) is 20.9 Å². The van der Waals surface area contributed by atoms with Crippen LogP contribution in [0.3, 0.4) is 0 Å². The van der Waals surface area contributed by atoms with Gasteiger partial charge in [0.1, 0.15) is 12.6 Å². The minimum absolute atomic E-state index is 0.0667. The molecule has 76 heavy (non-hydrogen) atoms. The number of unbranched alkanes of at least 4 members (excludes halogenated alkanes) is 45. The number of amides is 1. The van der Waals surface area contributed by atoms with Crippen LogP contribution in [0.15, 0.2) is 12.1 Å². The van der Waals surface area contributed by atoms with E-state index in [1.165, 1.54) is 277 Å². The van der Waals surface area contributed by atoms with Gasteiger partial charge in [-0.05, 0) is 49.3 Å². The Morgan fingerprint density at radius 2 is 0.632 bits per heavy atom. The normalized spacial score (nSPS) is 11.9. The van der Waals surface area contributed by atoms with E-state index in [1.54, 1.807) is 0 Å². The lowest BCUT2D eigenvalue weighted by Gasteiger charge is -2.20. The van der Waals surface area contributed by atoms with Crippen LogP contribution in [0.4, 0.5) is 0 Å². The summed E-state index contributed by atoms with van der Waals surface area (Å²) in [5.41, 5.74) is 0.804. The number of rotatable bonds is 60. The topological polar surface area (TPSA) is 83.1 Å². The van der Waals surface area contributed by atoms with E-state index in [1.807, 2.05) is 26.0 Å². The minimum Gasteiger partial charge on any atom is -0.490 e. The number of ether oxygens (including phenoxy) is 4. The van der Waals surface area contributed by atoms with Gasteiger partial charge in [0.2, 0.25) is 11.7 Å². The van der Waals surface area contributed by atoms with E-state index in [2.05, 4.69) is 26.1 Å². The molecule has 1 atom stereocenters. The highest BCUT2D eigenvalue weighted by Gasteiger charge is 2.23. The third-order valence-corrected chi connectivity index (χ3v) is 15.6. The van der Waals surface area contributed by atoms with Gasteiger partial charge in [-0.15, -0.1) is 0 Å². The Labute approximate surface area is 473 Å². The average Bonchev–Trinajstić information content (AvgIpc) is 3.40. The summed E-state index contributed by atoms with van der Waals surface area (Å²) in [6.45, 7) is 14.3. The molecule has 0 bridgehead atoms. The molecule has 1 rings (SSSR count). The second kappa shape index (κ2) is 55.9. The maximum atomic E-state index is 13.4. The molecule has 0 fully saturated rings. The van der Waals surface area contributed by atoms with E-state index < -0.39 is 12.0 Å². The molecule has 1 aromatic carbocycles. The fraction of sp³-hybridized carbons (Fsp3) is 0.884. The number of esters is 1. The first-order valence-corrected chi connectivity index (χ1v) is 33.8. The summed E-state index contributed by atoms with van der Waals surface area (Å²) in [6.07, 6.45) is 64.6. The molecule has 0 aliphatic rings. The van der Waals surface area contributed by atoms with Crippen LogP contribution in [-0.4, -0.2) is 37.7 Å². The Morgan fingerprint density at radius 3 is 0.882 bits per heavy atom. The number of nitrogens with one attached hydrogen (secondary N) is 1. The molecule has 1 N–H and O–H groups in total. The lowest BCUT2D eigenvalue weighted by molar-refractivity contribution is -0.149. The van der Waals surface area contributed by atoms with Crippen molar-refractivity contribution in [3.63, 3.8) is 0 Å². The number of hydrogen-bond acceptors (Lipinski definition) is 6. The Hall–Kier alpha value is -2.44. The van der Waals surface area contributed by atoms with Crippen molar-refractivity contribution in [3.8, 4) is 17.2 Å². The molecule has 0 aliphatic heterocycles.